The summed E-state index contributed by atoms with van der Waals surface area (Å²) in [7, 11) is 1.75. The fraction of sp³-hybridized carbons (Fsp3) is 0.522. The van der Waals surface area contributed by atoms with E-state index in [0.717, 1.165) is 31.8 Å². The van der Waals surface area contributed by atoms with Gasteiger partial charge >= 0.3 is 0 Å². The molecule has 1 aromatic rings. The summed E-state index contributed by atoms with van der Waals surface area (Å²) in [5.41, 5.74) is 2.89. The van der Waals surface area contributed by atoms with E-state index in [-0.39, 0.29) is 35.5 Å². The van der Waals surface area contributed by atoms with Gasteiger partial charge in [0.15, 0.2) is 5.96 Å². The quantitative estimate of drug-likeness (QED) is 0.344. The summed E-state index contributed by atoms with van der Waals surface area (Å²) in [6.45, 7) is 1.78. The highest BCUT2D eigenvalue weighted by atomic mass is 16.2. The molecule has 29 heavy (non-hydrogen) atoms. The number of likely N-dealkylation sites (tertiary alicyclic amines) is 1. The van der Waals surface area contributed by atoms with Gasteiger partial charge in [0, 0.05) is 26.7 Å². The zero-order valence-electron chi connectivity index (χ0n) is 16.8. The molecule has 6 heteroatoms. The van der Waals surface area contributed by atoms with Gasteiger partial charge in [-0.05, 0) is 48.1 Å². The van der Waals surface area contributed by atoms with Gasteiger partial charge in [0.25, 0.3) is 0 Å². The van der Waals surface area contributed by atoms with Crippen LogP contribution in [0.4, 0.5) is 0 Å². The molecule has 4 aliphatic rings. The van der Waals surface area contributed by atoms with Crippen molar-refractivity contribution in [2.24, 2.45) is 34.6 Å². The van der Waals surface area contributed by atoms with Gasteiger partial charge in [-0.2, -0.15) is 0 Å². The number of amides is 2. The molecular formula is C23H28N4O2. The van der Waals surface area contributed by atoms with Gasteiger partial charge in [-0.25, -0.2) is 0 Å². The predicted molar refractivity (Wildman–Crippen MR) is 111 cm³/mol. The average molecular weight is 393 g/mol. The lowest BCUT2D eigenvalue weighted by Gasteiger charge is -2.19. The number of aliphatic imine (C=N–C) groups is 1. The average Bonchev–Trinajstić information content (AvgIpc) is 3.49. The Morgan fingerprint density at radius 3 is 2.24 bits per heavy atom. The molecular weight excluding hydrogens is 364 g/mol. The number of hydrogen-bond acceptors (Lipinski definition) is 3. The monoisotopic (exact) mass is 392 g/mol. The highest BCUT2D eigenvalue weighted by Gasteiger charge is 2.58. The first kappa shape index (κ1) is 18.4. The molecule has 2 bridgehead atoms. The molecule has 4 unspecified atom stereocenters. The number of carbonyl (C=O) groups excluding carboxylic acids is 2. The minimum Gasteiger partial charge on any atom is -0.356 e. The summed E-state index contributed by atoms with van der Waals surface area (Å²) in [5.74, 6) is 1.64. The first-order valence-corrected chi connectivity index (χ1v) is 10.7. The lowest BCUT2D eigenvalue weighted by Crippen LogP contribution is -2.44. The zero-order valence-corrected chi connectivity index (χ0v) is 16.8. The smallest absolute Gasteiger partial charge is 0.233 e. The summed E-state index contributed by atoms with van der Waals surface area (Å²) < 4.78 is 0. The summed E-state index contributed by atoms with van der Waals surface area (Å²) in [6, 6.07) is 8.63. The summed E-state index contributed by atoms with van der Waals surface area (Å²) >= 11 is 0. The summed E-state index contributed by atoms with van der Waals surface area (Å²) in [5, 5.41) is 6.66. The Morgan fingerprint density at radius 1 is 1.03 bits per heavy atom. The molecule has 1 heterocycles. The van der Waals surface area contributed by atoms with Crippen LogP contribution in [0.1, 0.15) is 17.5 Å². The summed E-state index contributed by atoms with van der Waals surface area (Å²) in [4.78, 5) is 31.2. The van der Waals surface area contributed by atoms with Crippen molar-refractivity contribution in [3.63, 3.8) is 0 Å². The van der Waals surface area contributed by atoms with Crippen LogP contribution in [-0.4, -0.2) is 49.4 Å². The summed E-state index contributed by atoms with van der Waals surface area (Å²) in [6.07, 6.45) is 7.42. The SMILES string of the molecule is CN=C(NCCN1C(=O)C2C3C=CC(C3)C2C1=O)NCC1Cc2ccccc2C1. The lowest BCUT2D eigenvalue weighted by molar-refractivity contribution is -0.140. The normalized spacial score (nSPS) is 30.2. The van der Waals surface area contributed by atoms with Gasteiger partial charge in [0.05, 0.1) is 11.8 Å². The maximum absolute atomic E-state index is 12.7. The minimum atomic E-state index is -0.112. The van der Waals surface area contributed by atoms with E-state index in [4.69, 9.17) is 0 Å². The molecule has 3 aliphatic carbocycles. The minimum absolute atomic E-state index is 0.0188. The second-order valence-corrected chi connectivity index (χ2v) is 8.75. The van der Waals surface area contributed by atoms with Crippen molar-refractivity contribution in [2.75, 3.05) is 26.7 Å². The molecule has 1 saturated carbocycles. The van der Waals surface area contributed by atoms with Gasteiger partial charge < -0.3 is 10.6 Å². The molecule has 2 N–H and O–H groups in total. The third kappa shape index (κ3) is 3.15. The molecule has 0 aromatic heterocycles. The Balaban J connectivity index is 1.09. The van der Waals surface area contributed by atoms with E-state index in [1.807, 2.05) is 0 Å². The second-order valence-electron chi connectivity index (χ2n) is 8.75. The number of guanidine groups is 1. The molecule has 0 spiro atoms. The first-order chi connectivity index (χ1) is 14.2. The third-order valence-electron chi connectivity index (χ3n) is 7.11. The number of nitrogens with zero attached hydrogens (tertiary/aromatic N) is 2. The van der Waals surface area contributed by atoms with E-state index in [0.29, 0.717) is 19.0 Å². The number of hydrogen-bond donors (Lipinski definition) is 2. The number of imide groups is 1. The molecule has 6 nitrogen and oxygen atoms in total. The fourth-order valence-electron chi connectivity index (χ4n) is 5.73. The maximum Gasteiger partial charge on any atom is 0.233 e. The number of fused-ring (bicyclic) bond motifs is 6. The van der Waals surface area contributed by atoms with Gasteiger partial charge in [-0.1, -0.05) is 36.4 Å². The number of allylic oxidation sites excluding steroid dienone is 2. The van der Waals surface area contributed by atoms with Crippen molar-refractivity contribution in [3.05, 3.63) is 47.5 Å². The molecule has 1 aromatic carbocycles. The van der Waals surface area contributed by atoms with E-state index in [1.54, 1.807) is 7.05 Å². The van der Waals surface area contributed by atoms with Gasteiger partial charge in [0.2, 0.25) is 11.8 Å². The van der Waals surface area contributed by atoms with Crippen molar-refractivity contribution < 1.29 is 9.59 Å². The number of rotatable bonds is 5. The Labute approximate surface area is 171 Å². The molecule has 2 amide bonds. The molecule has 2 fully saturated rings. The third-order valence-corrected chi connectivity index (χ3v) is 7.11. The Kier molecular flexibility index (Phi) is 4.64. The van der Waals surface area contributed by atoms with Crippen molar-refractivity contribution in [1.82, 2.24) is 15.5 Å². The predicted octanol–water partition coefficient (Wildman–Crippen LogP) is 1.37. The van der Waals surface area contributed by atoms with E-state index >= 15 is 0 Å². The van der Waals surface area contributed by atoms with Crippen LogP contribution in [0.15, 0.2) is 41.4 Å². The maximum atomic E-state index is 12.7. The topological polar surface area (TPSA) is 73.8 Å². The second kappa shape index (κ2) is 7.32. The Bertz CT molecular complexity index is 838. The molecule has 152 valence electrons. The first-order valence-electron chi connectivity index (χ1n) is 10.7. The number of benzene rings is 1. The molecule has 4 atom stereocenters. The van der Waals surface area contributed by atoms with Crippen LogP contribution < -0.4 is 10.6 Å². The molecule has 0 radical (unpaired) electrons. The van der Waals surface area contributed by atoms with Crippen molar-refractivity contribution >= 4 is 17.8 Å². The number of carbonyl (C=O) groups is 2. The fourth-order valence-corrected chi connectivity index (χ4v) is 5.73. The van der Waals surface area contributed by atoms with Gasteiger partial charge in [0.1, 0.15) is 0 Å². The van der Waals surface area contributed by atoms with Crippen molar-refractivity contribution in [3.8, 4) is 0 Å². The van der Waals surface area contributed by atoms with E-state index in [2.05, 4.69) is 52.0 Å². The highest BCUT2D eigenvalue weighted by Crippen LogP contribution is 2.52. The van der Waals surface area contributed by atoms with Crippen LogP contribution in [0, 0.1) is 29.6 Å². The molecule has 5 rings (SSSR count). The van der Waals surface area contributed by atoms with Crippen molar-refractivity contribution in [1.29, 1.82) is 0 Å². The number of nitrogens with one attached hydrogen (secondary N) is 2. The van der Waals surface area contributed by atoms with Crippen LogP contribution in [0.25, 0.3) is 0 Å². The standard InChI is InChI=1S/C23H28N4O2/c1-24-23(26-13-14-10-15-4-2-3-5-16(15)11-14)25-8-9-27-21(28)19-17-6-7-18(12-17)20(19)22(27)29/h2-7,14,17-20H,8-13H2,1H3,(H2,24,25,26). The van der Waals surface area contributed by atoms with Crippen LogP contribution in [0.3, 0.4) is 0 Å². The van der Waals surface area contributed by atoms with Crippen LogP contribution >= 0.6 is 0 Å². The lowest BCUT2D eigenvalue weighted by atomic mass is 9.85. The zero-order chi connectivity index (χ0) is 20.0. The largest absolute Gasteiger partial charge is 0.356 e. The van der Waals surface area contributed by atoms with Crippen LogP contribution in [-0.2, 0) is 22.4 Å². The van der Waals surface area contributed by atoms with E-state index in [9.17, 15) is 9.59 Å². The van der Waals surface area contributed by atoms with Gasteiger partial charge in [-0.15, -0.1) is 0 Å². The van der Waals surface area contributed by atoms with E-state index in [1.165, 1.54) is 16.0 Å². The van der Waals surface area contributed by atoms with Crippen LogP contribution in [0.2, 0.25) is 0 Å². The Hall–Kier alpha value is -2.63. The molecule has 1 saturated heterocycles. The van der Waals surface area contributed by atoms with Crippen LogP contribution in [0.5, 0.6) is 0 Å². The van der Waals surface area contributed by atoms with Crippen molar-refractivity contribution in [2.45, 2.75) is 19.3 Å². The molecule has 1 aliphatic heterocycles. The Morgan fingerprint density at radius 2 is 1.66 bits per heavy atom. The highest BCUT2D eigenvalue weighted by molar-refractivity contribution is 6.06. The van der Waals surface area contributed by atoms with E-state index < -0.39 is 0 Å². The van der Waals surface area contributed by atoms with Gasteiger partial charge in [-0.3, -0.25) is 19.5 Å².